The number of rotatable bonds is 5. The van der Waals surface area contributed by atoms with Crippen molar-refractivity contribution in [3.63, 3.8) is 0 Å². The van der Waals surface area contributed by atoms with Gasteiger partial charge in [0.1, 0.15) is 10.6 Å². The van der Waals surface area contributed by atoms with Crippen LogP contribution in [0.25, 0.3) is 0 Å². The summed E-state index contributed by atoms with van der Waals surface area (Å²) < 4.78 is 27.2. The van der Waals surface area contributed by atoms with Crippen molar-refractivity contribution in [1.82, 2.24) is 9.29 Å². The molecule has 0 aliphatic carbocycles. The molecule has 0 bridgehead atoms. The molecule has 2 rings (SSSR count). The van der Waals surface area contributed by atoms with Crippen LogP contribution in [0.1, 0.15) is 23.0 Å². The van der Waals surface area contributed by atoms with Crippen molar-refractivity contribution < 1.29 is 13.2 Å². The summed E-state index contributed by atoms with van der Waals surface area (Å²) >= 11 is 0. The van der Waals surface area contributed by atoms with E-state index in [0.717, 1.165) is 6.42 Å². The van der Waals surface area contributed by atoms with E-state index in [0.29, 0.717) is 5.69 Å². The summed E-state index contributed by atoms with van der Waals surface area (Å²) in [6.45, 7) is 2.06. The predicted molar refractivity (Wildman–Crippen MR) is 85.4 cm³/mol. The van der Waals surface area contributed by atoms with Crippen LogP contribution in [0.3, 0.4) is 0 Å². The number of aromatic nitrogens is 1. The number of aryl methyl sites for hydroxylation is 2. The average Bonchev–Trinajstić information content (AvgIpc) is 2.91. The van der Waals surface area contributed by atoms with Crippen LogP contribution >= 0.6 is 0 Å². The largest absolute Gasteiger partial charge is 0.345 e. The number of nitrogens with one attached hydrogen (secondary N) is 2. The lowest BCUT2D eigenvalue weighted by molar-refractivity contribution is 0.101. The highest BCUT2D eigenvalue weighted by molar-refractivity contribution is 7.89. The van der Waals surface area contributed by atoms with E-state index in [1.165, 1.54) is 29.4 Å². The minimum Gasteiger partial charge on any atom is -0.345 e. The Morgan fingerprint density at radius 2 is 1.86 bits per heavy atom. The third-order valence-electron chi connectivity index (χ3n) is 3.41. The first kappa shape index (κ1) is 16.3. The Morgan fingerprint density at radius 1 is 1.23 bits per heavy atom. The number of anilines is 1. The summed E-state index contributed by atoms with van der Waals surface area (Å²) in [5.41, 5.74) is 2.12. The highest BCUT2D eigenvalue weighted by Gasteiger charge is 2.19. The van der Waals surface area contributed by atoms with Crippen LogP contribution in [0, 0.1) is 0 Å². The third-order valence-corrected chi connectivity index (χ3v) is 4.79. The molecule has 0 fully saturated rings. The Bertz CT molecular complexity index is 777. The molecule has 6 nitrogen and oxygen atoms in total. The standard InChI is InChI=1S/C15H19N3O3S/c1-4-11-5-7-12(8-6-11)17-15(19)14-9-13(10-18(14)3)22(20,21)16-2/h5-10,16H,4H2,1-3H3,(H,17,19). The molecule has 0 aliphatic heterocycles. The van der Waals surface area contributed by atoms with Crippen LogP contribution in [0.4, 0.5) is 5.69 Å². The van der Waals surface area contributed by atoms with Crippen molar-refractivity contribution in [1.29, 1.82) is 0 Å². The van der Waals surface area contributed by atoms with E-state index >= 15 is 0 Å². The van der Waals surface area contributed by atoms with Gasteiger partial charge in [0.2, 0.25) is 10.0 Å². The Labute approximate surface area is 130 Å². The molecule has 2 N–H and O–H groups in total. The lowest BCUT2D eigenvalue weighted by atomic mass is 10.1. The van der Waals surface area contributed by atoms with Crippen LogP contribution in [-0.4, -0.2) is 25.9 Å². The summed E-state index contributed by atoms with van der Waals surface area (Å²) in [5.74, 6) is -0.357. The molecule has 1 heterocycles. The van der Waals surface area contributed by atoms with Crippen molar-refractivity contribution in [2.45, 2.75) is 18.2 Å². The summed E-state index contributed by atoms with van der Waals surface area (Å²) in [6, 6.07) is 8.88. The predicted octanol–water partition coefficient (Wildman–Crippen LogP) is 1.75. The zero-order chi connectivity index (χ0) is 16.3. The Hall–Kier alpha value is -2.12. The fraction of sp³-hybridized carbons (Fsp3) is 0.267. The molecule has 118 valence electrons. The van der Waals surface area contributed by atoms with Crippen LogP contribution in [0.5, 0.6) is 0 Å². The quantitative estimate of drug-likeness (QED) is 0.880. The second kappa shape index (κ2) is 6.33. The molecular weight excluding hydrogens is 302 g/mol. The van der Waals surface area contributed by atoms with Crippen LogP contribution in [0.15, 0.2) is 41.4 Å². The van der Waals surface area contributed by atoms with Crippen LogP contribution < -0.4 is 10.0 Å². The van der Waals surface area contributed by atoms with Gasteiger partial charge in [-0.1, -0.05) is 19.1 Å². The van der Waals surface area contributed by atoms with Gasteiger partial charge in [-0.25, -0.2) is 13.1 Å². The minimum absolute atomic E-state index is 0.0592. The first-order valence-corrected chi connectivity index (χ1v) is 8.36. The van der Waals surface area contributed by atoms with Crippen LogP contribution in [0.2, 0.25) is 0 Å². The number of sulfonamides is 1. The van der Waals surface area contributed by atoms with Gasteiger partial charge in [0.25, 0.3) is 5.91 Å². The van der Waals surface area contributed by atoms with E-state index < -0.39 is 10.0 Å². The molecule has 0 spiro atoms. The molecule has 7 heteroatoms. The molecule has 2 aromatic rings. The van der Waals surface area contributed by atoms with Gasteiger partial charge in [-0.05, 0) is 37.2 Å². The maximum atomic E-state index is 12.3. The molecule has 0 unspecified atom stereocenters. The van der Waals surface area contributed by atoms with Crippen molar-refractivity contribution in [3.05, 3.63) is 47.8 Å². The van der Waals surface area contributed by atoms with Crippen molar-refractivity contribution in [2.75, 3.05) is 12.4 Å². The number of amides is 1. The van der Waals surface area contributed by atoms with E-state index in [9.17, 15) is 13.2 Å². The van der Waals surface area contributed by atoms with Gasteiger partial charge in [0.05, 0.1) is 0 Å². The van der Waals surface area contributed by atoms with Gasteiger partial charge in [0.15, 0.2) is 0 Å². The first-order chi connectivity index (χ1) is 10.4. The fourth-order valence-corrected chi connectivity index (χ4v) is 2.84. The van der Waals surface area contributed by atoms with Crippen molar-refractivity contribution in [3.8, 4) is 0 Å². The molecule has 1 aromatic heterocycles. The van der Waals surface area contributed by atoms with E-state index in [1.807, 2.05) is 24.3 Å². The second-order valence-electron chi connectivity index (χ2n) is 4.88. The number of carbonyl (C=O) groups is 1. The SMILES string of the molecule is CCc1ccc(NC(=O)c2cc(S(=O)(=O)NC)cn2C)cc1. The second-order valence-corrected chi connectivity index (χ2v) is 6.77. The van der Waals surface area contributed by atoms with Crippen molar-refractivity contribution in [2.24, 2.45) is 7.05 Å². The van der Waals surface area contributed by atoms with Gasteiger partial charge in [0, 0.05) is 18.9 Å². The first-order valence-electron chi connectivity index (χ1n) is 6.87. The normalized spacial score (nSPS) is 11.4. The summed E-state index contributed by atoms with van der Waals surface area (Å²) in [7, 11) is -0.607. The highest BCUT2D eigenvalue weighted by Crippen LogP contribution is 2.16. The zero-order valence-electron chi connectivity index (χ0n) is 12.8. The van der Waals surface area contributed by atoms with Crippen LogP contribution in [-0.2, 0) is 23.5 Å². The molecule has 1 amide bonds. The van der Waals surface area contributed by atoms with Gasteiger partial charge < -0.3 is 9.88 Å². The molecule has 0 aliphatic rings. The number of hydrogen-bond donors (Lipinski definition) is 2. The number of benzene rings is 1. The molecule has 0 radical (unpaired) electrons. The molecule has 1 aromatic carbocycles. The zero-order valence-corrected chi connectivity index (χ0v) is 13.6. The van der Waals surface area contributed by atoms with E-state index in [2.05, 4.69) is 17.0 Å². The average molecular weight is 321 g/mol. The Kier molecular flexibility index (Phi) is 4.68. The highest BCUT2D eigenvalue weighted by atomic mass is 32.2. The summed E-state index contributed by atoms with van der Waals surface area (Å²) in [6.07, 6.45) is 2.33. The molecule has 0 saturated heterocycles. The fourth-order valence-electron chi connectivity index (χ4n) is 2.04. The third kappa shape index (κ3) is 3.37. The summed E-state index contributed by atoms with van der Waals surface area (Å²) in [5, 5.41) is 2.76. The lowest BCUT2D eigenvalue weighted by Gasteiger charge is -2.06. The maximum absolute atomic E-state index is 12.3. The Balaban J connectivity index is 2.22. The monoisotopic (exact) mass is 321 g/mol. The maximum Gasteiger partial charge on any atom is 0.272 e. The smallest absolute Gasteiger partial charge is 0.272 e. The Morgan fingerprint density at radius 3 is 2.41 bits per heavy atom. The number of nitrogens with zero attached hydrogens (tertiary/aromatic N) is 1. The topological polar surface area (TPSA) is 80.2 Å². The van der Waals surface area contributed by atoms with E-state index in [1.54, 1.807) is 7.05 Å². The van der Waals surface area contributed by atoms with Gasteiger partial charge in [-0.3, -0.25) is 4.79 Å². The molecule has 0 atom stereocenters. The van der Waals surface area contributed by atoms with E-state index in [4.69, 9.17) is 0 Å². The van der Waals surface area contributed by atoms with E-state index in [-0.39, 0.29) is 16.5 Å². The lowest BCUT2D eigenvalue weighted by Crippen LogP contribution is -2.18. The molecule has 22 heavy (non-hydrogen) atoms. The minimum atomic E-state index is -3.57. The van der Waals surface area contributed by atoms with Crippen molar-refractivity contribution >= 4 is 21.6 Å². The molecular formula is C15H19N3O3S. The van der Waals surface area contributed by atoms with Gasteiger partial charge in [-0.2, -0.15) is 0 Å². The summed E-state index contributed by atoms with van der Waals surface area (Å²) in [4.78, 5) is 12.3. The van der Waals surface area contributed by atoms with Gasteiger partial charge in [-0.15, -0.1) is 0 Å². The number of carbonyl (C=O) groups excluding carboxylic acids is 1. The number of hydrogen-bond acceptors (Lipinski definition) is 3. The van der Waals surface area contributed by atoms with Gasteiger partial charge >= 0.3 is 0 Å². The molecule has 0 saturated carbocycles.